The lowest BCUT2D eigenvalue weighted by molar-refractivity contribution is -0.143. The maximum absolute atomic E-state index is 11.5. The highest BCUT2D eigenvalue weighted by Gasteiger charge is 2.32. The Bertz CT molecular complexity index is 766. The predicted octanol–water partition coefficient (Wildman–Crippen LogP) is 3.37. The van der Waals surface area contributed by atoms with Crippen LogP contribution in [0.15, 0.2) is 42.6 Å². The molecule has 1 aromatic heterocycles. The number of carboxylic acid groups (broad SMARTS) is 1. The summed E-state index contributed by atoms with van der Waals surface area (Å²) in [7, 11) is 1.62. The molecular formula is C21H26N2O4. The Morgan fingerprint density at radius 1 is 1.33 bits per heavy atom. The van der Waals surface area contributed by atoms with E-state index in [0.29, 0.717) is 31.1 Å². The molecule has 0 saturated carbocycles. The van der Waals surface area contributed by atoms with E-state index in [-0.39, 0.29) is 12.0 Å². The van der Waals surface area contributed by atoms with Crippen molar-refractivity contribution in [1.29, 1.82) is 0 Å². The van der Waals surface area contributed by atoms with Gasteiger partial charge in [-0.2, -0.15) is 0 Å². The number of methoxy groups -OCH3 is 1. The highest BCUT2D eigenvalue weighted by Crippen LogP contribution is 2.36. The second-order valence-corrected chi connectivity index (χ2v) is 6.67. The SMILES string of the molecule is CCOc1ccc(C(c2ccccn2)N2CCCC(C(=O)O)C2)cc1OC. The molecule has 2 unspecified atom stereocenters. The van der Waals surface area contributed by atoms with Crippen molar-refractivity contribution in [2.75, 3.05) is 26.8 Å². The number of aromatic nitrogens is 1. The number of hydrogen-bond acceptors (Lipinski definition) is 5. The number of rotatable bonds is 7. The molecular weight excluding hydrogens is 344 g/mol. The lowest BCUT2D eigenvalue weighted by atomic mass is 9.93. The molecule has 1 fully saturated rings. The largest absolute Gasteiger partial charge is 0.493 e. The van der Waals surface area contributed by atoms with Crippen molar-refractivity contribution in [1.82, 2.24) is 9.88 Å². The number of aliphatic carboxylic acids is 1. The Morgan fingerprint density at radius 2 is 2.19 bits per heavy atom. The molecule has 2 atom stereocenters. The fourth-order valence-electron chi connectivity index (χ4n) is 3.68. The number of nitrogens with zero attached hydrogens (tertiary/aromatic N) is 2. The number of hydrogen-bond donors (Lipinski definition) is 1. The van der Waals surface area contributed by atoms with Crippen LogP contribution in [-0.4, -0.2) is 47.8 Å². The Hall–Kier alpha value is -2.60. The van der Waals surface area contributed by atoms with Gasteiger partial charge in [-0.15, -0.1) is 0 Å². The van der Waals surface area contributed by atoms with E-state index in [4.69, 9.17) is 9.47 Å². The van der Waals surface area contributed by atoms with Crippen molar-refractivity contribution in [2.45, 2.75) is 25.8 Å². The number of piperidine rings is 1. The quantitative estimate of drug-likeness (QED) is 0.806. The van der Waals surface area contributed by atoms with Gasteiger partial charge in [-0.1, -0.05) is 12.1 Å². The highest BCUT2D eigenvalue weighted by atomic mass is 16.5. The van der Waals surface area contributed by atoms with Crippen LogP contribution in [0.1, 0.15) is 37.1 Å². The van der Waals surface area contributed by atoms with Crippen LogP contribution in [0.4, 0.5) is 0 Å². The molecule has 0 aliphatic carbocycles. The summed E-state index contributed by atoms with van der Waals surface area (Å²) in [6.45, 7) is 3.84. The third kappa shape index (κ3) is 4.39. The first-order chi connectivity index (χ1) is 13.1. The maximum atomic E-state index is 11.5. The van der Waals surface area contributed by atoms with Gasteiger partial charge in [-0.3, -0.25) is 14.7 Å². The molecule has 144 valence electrons. The second kappa shape index (κ2) is 8.86. The first-order valence-corrected chi connectivity index (χ1v) is 9.32. The zero-order valence-electron chi connectivity index (χ0n) is 15.8. The summed E-state index contributed by atoms with van der Waals surface area (Å²) >= 11 is 0. The minimum Gasteiger partial charge on any atom is -0.493 e. The lowest BCUT2D eigenvalue weighted by Crippen LogP contribution is -2.41. The molecule has 3 rings (SSSR count). The monoisotopic (exact) mass is 370 g/mol. The Morgan fingerprint density at radius 3 is 2.85 bits per heavy atom. The van der Waals surface area contributed by atoms with Gasteiger partial charge in [0.25, 0.3) is 0 Å². The molecule has 1 aliphatic heterocycles. The van der Waals surface area contributed by atoms with Crippen molar-refractivity contribution in [2.24, 2.45) is 5.92 Å². The molecule has 0 radical (unpaired) electrons. The summed E-state index contributed by atoms with van der Waals surface area (Å²) in [4.78, 5) is 18.3. The number of carboxylic acids is 1. The molecule has 0 amide bonds. The smallest absolute Gasteiger partial charge is 0.307 e. The van der Waals surface area contributed by atoms with Gasteiger partial charge in [-0.05, 0) is 56.1 Å². The molecule has 1 aliphatic rings. The highest BCUT2D eigenvalue weighted by molar-refractivity contribution is 5.70. The topological polar surface area (TPSA) is 71.9 Å². The fourth-order valence-corrected chi connectivity index (χ4v) is 3.68. The summed E-state index contributed by atoms with van der Waals surface area (Å²) in [6.07, 6.45) is 3.34. The average Bonchev–Trinajstić information content (AvgIpc) is 2.70. The first kappa shape index (κ1) is 19.2. The van der Waals surface area contributed by atoms with Crippen LogP contribution in [0.2, 0.25) is 0 Å². The first-order valence-electron chi connectivity index (χ1n) is 9.32. The van der Waals surface area contributed by atoms with E-state index in [0.717, 1.165) is 24.2 Å². The molecule has 1 N–H and O–H groups in total. The van der Waals surface area contributed by atoms with E-state index in [9.17, 15) is 9.90 Å². The Balaban J connectivity index is 1.99. The van der Waals surface area contributed by atoms with Gasteiger partial charge >= 0.3 is 5.97 Å². The van der Waals surface area contributed by atoms with Crippen LogP contribution in [-0.2, 0) is 4.79 Å². The molecule has 0 spiro atoms. The van der Waals surface area contributed by atoms with E-state index >= 15 is 0 Å². The zero-order valence-corrected chi connectivity index (χ0v) is 15.8. The van der Waals surface area contributed by atoms with Crippen molar-refractivity contribution in [3.63, 3.8) is 0 Å². The van der Waals surface area contributed by atoms with Crippen molar-refractivity contribution < 1.29 is 19.4 Å². The Labute approximate surface area is 159 Å². The van der Waals surface area contributed by atoms with Crippen LogP contribution in [0.3, 0.4) is 0 Å². The van der Waals surface area contributed by atoms with Crippen LogP contribution < -0.4 is 9.47 Å². The maximum Gasteiger partial charge on any atom is 0.307 e. The van der Waals surface area contributed by atoms with E-state index < -0.39 is 5.97 Å². The molecule has 6 nitrogen and oxygen atoms in total. The van der Waals surface area contributed by atoms with Crippen LogP contribution >= 0.6 is 0 Å². The van der Waals surface area contributed by atoms with Gasteiger partial charge in [0.2, 0.25) is 0 Å². The van der Waals surface area contributed by atoms with Crippen molar-refractivity contribution >= 4 is 5.97 Å². The summed E-state index contributed by atoms with van der Waals surface area (Å²) in [5.74, 6) is 0.283. The van der Waals surface area contributed by atoms with E-state index in [1.807, 2.05) is 43.3 Å². The van der Waals surface area contributed by atoms with Gasteiger partial charge in [-0.25, -0.2) is 0 Å². The van der Waals surface area contributed by atoms with Crippen LogP contribution in [0.5, 0.6) is 11.5 Å². The number of ether oxygens (including phenoxy) is 2. The van der Waals surface area contributed by atoms with E-state index in [2.05, 4.69) is 9.88 Å². The molecule has 1 saturated heterocycles. The average molecular weight is 370 g/mol. The van der Waals surface area contributed by atoms with Crippen LogP contribution in [0.25, 0.3) is 0 Å². The minimum atomic E-state index is -0.733. The minimum absolute atomic E-state index is 0.127. The molecule has 1 aromatic carbocycles. The number of pyridine rings is 1. The Kier molecular flexibility index (Phi) is 6.29. The summed E-state index contributed by atoms with van der Waals surface area (Å²) in [5, 5.41) is 9.48. The summed E-state index contributed by atoms with van der Waals surface area (Å²) < 4.78 is 11.1. The molecule has 6 heteroatoms. The number of carbonyl (C=O) groups is 1. The standard InChI is InChI=1S/C21H26N2O4/c1-3-27-18-10-9-15(13-19(18)26-2)20(17-8-4-5-11-22-17)23-12-6-7-16(14-23)21(24)25/h4-5,8-11,13,16,20H,3,6-7,12,14H2,1-2H3,(H,24,25). The molecule has 2 heterocycles. The van der Waals surface area contributed by atoms with Gasteiger partial charge in [0, 0.05) is 12.7 Å². The van der Waals surface area contributed by atoms with Gasteiger partial charge in [0.15, 0.2) is 11.5 Å². The molecule has 0 bridgehead atoms. The predicted molar refractivity (Wildman–Crippen MR) is 102 cm³/mol. The number of likely N-dealkylation sites (tertiary alicyclic amines) is 1. The second-order valence-electron chi connectivity index (χ2n) is 6.67. The van der Waals surface area contributed by atoms with E-state index in [1.165, 1.54) is 0 Å². The summed E-state index contributed by atoms with van der Waals surface area (Å²) in [6, 6.07) is 11.6. The van der Waals surface area contributed by atoms with Crippen molar-refractivity contribution in [3.8, 4) is 11.5 Å². The fraction of sp³-hybridized carbons (Fsp3) is 0.429. The third-order valence-electron chi connectivity index (χ3n) is 4.94. The zero-order chi connectivity index (χ0) is 19.2. The molecule has 27 heavy (non-hydrogen) atoms. The van der Waals surface area contributed by atoms with Gasteiger partial charge < -0.3 is 14.6 Å². The van der Waals surface area contributed by atoms with E-state index in [1.54, 1.807) is 13.3 Å². The lowest BCUT2D eigenvalue weighted by Gasteiger charge is -2.37. The van der Waals surface area contributed by atoms with Gasteiger partial charge in [0.1, 0.15) is 0 Å². The number of benzene rings is 1. The summed E-state index contributed by atoms with van der Waals surface area (Å²) in [5.41, 5.74) is 1.91. The molecule has 2 aromatic rings. The van der Waals surface area contributed by atoms with Crippen LogP contribution in [0, 0.1) is 5.92 Å². The third-order valence-corrected chi connectivity index (χ3v) is 4.94. The normalized spacial score (nSPS) is 18.7. The van der Waals surface area contributed by atoms with Gasteiger partial charge in [0.05, 0.1) is 31.4 Å². The van der Waals surface area contributed by atoms with Crippen molar-refractivity contribution in [3.05, 3.63) is 53.9 Å².